The number of likely N-dealkylation sites (tertiary alicyclic amines) is 1. The van der Waals surface area contributed by atoms with Crippen LogP contribution in [0.3, 0.4) is 0 Å². The van der Waals surface area contributed by atoms with Gasteiger partial charge >= 0.3 is 18.1 Å². The number of alkyl halides is 3. The number of halogens is 4. The summed E-state index contributed by atoms with van der Waals surface area (Å²) in [6, 6.07) is 11.3. The molecule has 0 aliphatic carbocycles. The summed E-state index contributed by atoms with van der Waals surface area (Å²) < 4.78 is 56.0. The van der Waals surface area contributed by atoms with Crippen LogP contribution in [0.2, 0.25) is 0 Å². The number of methoxy groups -OCH3 is 2. The molecule has 4 atom stereocenters. The Kier molecular flexibility index (Phi) is 8.12. The molecule has 3 saturated heterocycles. The van der Waals surface area contributed by atoms with Crippen LogP contribution in [0.4, 0.5) is 17.6 Å². The van der Waals surface area contributed by atoms with Crippen molar-refractivity contribution in [1.82, 2.24) is 9.80 Å². The number of imide groups is 1. The molecular weight excluding hydrogens is 552 g/mol. The van der Waals surface area contributed by atoms with Crippen molar-refractivity contribution in [3.63, 3.8) is 0 Å². The van der Waals surface area contributed by atoms with Crippen molar-refractivity contribution in [1.29, 1.82) is 0 Å². The van der Waals surface area contributed by atoms with Crippen LogP contribution in [0.5, 0.6) is 5.75 Å². The summed E-state index contributed by atoms with van der Waals surface area (Å²) in [6.45, 7) is 2.62. The number of nitrogens with zero attached hydrogens (tertiary/aromatic N) is 2. The first kappa shape index (κ1) is 30.0. The summed E-state index contributed by atoms with van der Waals surface area (Å²) in [5.74, 6) is -4.97. The molecule has 13 heteroatoms. The Labute approximate surface area is 232 Å². The van der Waals surface area contributed by atoms with Crippen LogP contribution < -0.4 is 4.74 Å². The molecule has 0 spiro atoms. The molecule has 41 heavy (non-hydrogen) atoms. The molecule has 2 amide bonds. The van der Waals surface area contributed by atoms with E-state index >= 15 is 0 Å². The predicted molar refractivity (Wildman–Crippen MR) is 135 cm³/mol. The second-order valence-corrected chi connectivity index (χ2v) is 9.85. The van der Waals surface area contributed by atoms with Crippen molar-refractivity contribution in [3.05, 3.63) is 53.8 Å². The van der Waals surface area contributed by atoms with Gasteiger partial charge in [-0.25, -0.2) is 9.18 Å². The molecule has 3 aliphatic heterocycles. The molecule has 220 valence electrons. The quantitative estimate of drug-likeness (QED) is 0.323. The van der Waals surface area contributed by atoms with E-state index in [-0.39, 0.29) is 24.2 Å². The van der Waals surface area contributed by atoms with E-state index in [9.17, 15) is 31.9 Å². The van der Waals surface area contributed by atoms with Gasteiger partial charge in [0.15, 0.2) is 0 Å². The summed E-state index contributed by atoms with van der Waals surface area (Å²) >= 11 is 0. The highest BCUT2D eigenvalue weighted by molar-refractivity contribution is 6.09. The van der Waals surface area contributed by atoms with Crippen molar-refractivity contribution >= 4 is 23.8 Å². The van der Waals surface area contributed by atoms with Crippen LogP contribution >= 0.6 is 0 Å². The Hall–Kier alpha value is -4.00. The standard InChI is InChI=1S/C26H27FN2O5.C2HF3O2/c1-4-28-23(30)20-21(24(28)31)26(25(32)34-3)12-5-13-29(26)22(20)16-8-11-18(19(14-16)33-2)15-6-9-17(27)10-7-15;3-2(4,5)1(6)7/h6-11,14,20-22H,4-5,12-13H2,1-3H3;(H,6,7)/t20-,21-,22-,26+;/m1./s1. The van der Waals surface area contributed by atoms with Gasteiger partial charge in [0.2, 0.25) is 11.8 Å². The van der Waals surface area contributed by atoms with E-state index in [1.54, 1.807) is 26.2 Å². The molecule has 0 saturated carbocycles. The van der Waals surface area contributed by atoms with Crippen LogP contribution in [0, 0.1) is 17.7 Å². The van der Waals surface area contributed by atoms with E-state index in [0.717, 1.165) is 23.1 Å². The maximum atomic E-state index is 13.4. The Morgan fingerprint density at radius 3 is 2.24 bits per heavy atom. The number of fused-ring (bicyclic) bond motifs is 3. The van der Waals surface area contributed by atoms with Crippen molar-refractivity contribution in [3.8, 4) is 16.9 Å². The normalized spacial score (nSPS) is 25.3. The van der Waals surface area contributed by atoms with Crippen LogP contribution in [0.15, 0.2) is 42.5 Å². The maximum Gasteiger partial charge on any atom is 0.490 e. The first-order valence-electron chi connectivity index (χ1n) is 12.8. The lowest BCUT2D eigenvalue weighted by Gasteiger charge is -2.36. The molecule has 1 N–H and O–H groups in total. The Morgan fingerprint density at radius 2 is 1.71 bits per heavy atom. The average molecular weight is 581 g/mol. The average Bonchev–Trinajstić information content (AvgIpc) is 3.56. The van der Waals surface area contributed by atoms with E-state index in [0.29, 0.717) is 18.7 Å². The van der Waals surface area contributed by atoms with Gasteiger partial charge < -0.3 is 14.6 Å². The summed E-state index contributed by atoms with van der Waals surface area (Å²) in [4.78, 5) is 52.2. The molecule has 0 bridgehead atoms. The zero-order valence-electron chi connectivity index (χ0n) is 22.4. The number of carbonyl (C=O) groups is 4. The van der Waals surface area contributed by atoms with Gasteiger partial charge in [-0.3, -0.25) is 24.2 Å². The number of hydrogen-bond acceptors (Lipinski definition) is 7. The smallest absolute Gasteiger partial charge is 0.490 e. The van der Waals surface area contributed by atoms with Crippen LogP contribution in [-0.2, 0) is 23.9 Å². The largest absolute Gasteiger partial charge is 0.496 e. The van der Waals surface area contributed by atoms with E-state index in [1.807, 2.05) is 23.1 Å². The number of benzene rings is 2. The van der Waals surface area contributed by atoms with E-state index in [4.69, 9.17) is 19.4 Å². The zero-order chi connectivity index (χ0) is 30.3. The van der Waals surface area contributed by atoms with Crippen LogP contribution in [-0.4, -0.2) is 77.7 Å². The second-order valence-electron chi connectivity index (χ2n) is 9.85. The molecule has 3 fully saturated rings. The minimum atomic E-state index is -5.08. The number of aliphatic carboxylic acids is 1. The zero-order valence-corrected chi connectivity index (χ0v) is 22.4. The molecular formula is C28H28F4N2O7. The van der Waals surface area contributed by atoms with Crippen molar-refractivity contribution in [2.75, 3.05) is 27.3 Å². The topological polar surface area (TPSA) is 113 Å². The Balaban J connectivity index is 0.000000493. The first-order chi connectivity index (χ1) is 19.3. The van der Waals surface area contributed by atoms with Gasteiger partial charge in [0.25, 0.3) is 0 Å². The van der Waals surface area contributed by atoms with Gasteiger partial charge in [-0.2, -0.15) is 13.2 Å². The number of carboxylic acid groups (broad SMARTS) is 1. The molecule has 0 aromatic heterocycles. The minimum Gasteiger partial charge on any atom is -0.496 e. The van der Waals surface area contributed by atoms with Crippen molar-refractivity contribution in [2.45, 2.75) is 37.5 Å². The van der Waals surface area contributed by atoms with Gasteiger partial charge in [-0.05, 0) is 55.6 Å². The molecule has 2 aromatic rings. The van der Waals surface area contributed by atoms with Crippen molar-refractivity contribution in [2.24, 2.45) is 11.8 Å². The Morgan fingerprint density at radius 1 is 1.07 bits per heavy atom. The van der Waals surface area contributed by atoms with Gasteiger partial charge in [0.1, 0.15) is 17.1 Å². The first-order valence-corrected chi connectivity index (χ1v) is 12.8. The lowest BCUT2D eigenvalue weighted by Crippen LogP contribution is -2.54. The molecule has 5 rings (SSSR count). The van der Waals surface area contributed by atoms with Crippen LogP contribution in [0.25, 0.3) is 11.1 Å². The highest BCUT2D eigenvalue weighted by atomic mass is 19.4. The number of rotatable bonds is 5. The van der Waals surface area contributed by atoms with E-state index in [1.165, 1.54) is 24.1 Å². The second kappa shape index (κ2) is 11.1. The third-order valence-electron chi connectivity index (χ3n) is 7.92. The van der Waals surface area contributed by atoms with Gasteiger partial charge in [-0.1, -0.05) is 24.3 Å². The monoisotopic (exact) mass is 580 g/mol. The van der Waals surface area contributed by atoms with Crippen molar-refractivity contribution < 1.29 is 51.3 Å². The molecule has 9 nitrogen and oxygen atoms in total. The van der Waals surface area contributed by atoms with E-state index in [2.05, 4.69) is 0 Å². The Bertz CT molecular complexity index is 1360. The number of carbonyl (C=O) groups excluding carboxylic acids is 3. The maximum absolute atomic E-state index is 13.4. The molecule has 0 unspecified atom stereocenters. The molecule has 3 aliphatic rings. The fraction of sp³-hybridized carbons (Fsp3) is 0.429. The highest BCUT2D eigenvalue weighted by Gasteiger charge is 2.73. The van der Waals surface area contributed by atoms with Gasteiger partial charge in [0, 0.05) is 18.2 Å². The number of carboxylic acids is 1. The highest BCUT2D eigenvalue weighted by Crippen LogP contribution is 2.59. The number of esters is 1. The van der Waals surface area contributed by atoms with E-state index < -0.39 is 41.5 Å². The number of ether oxygens (including phenoxy) is 2. The summed E-state index contributed by atoms with van der Waals surface area (Å²) in [5.41, 5.74) is 1.22. The van der Waals surface area contributed by atoms with Gasteiger partial charge in [-0.15, -0.1) is 0 Å². The fourth-order valence-corrected chi connectivity index (χ4v) is 6.33. The molecule has 2 aromatic carbocycles. The summed E-state index contributed by atoms with van der Waals surface area (Å²) in [5, 5.41) is 7.12. The molecule has 3 heterocycles. The lowest BCUT2D eigenvalue weighted by molar-refractivity contribution is -0.192. The van der Waals surface area contributed by atoms with Crippen LogP contribution in [0.1, 0.15) is 31.4 Å². The predicted octanol–water partition coefficient (Wildman–Crippen LogP) is 3.82. The molecule has 0 radical (unpaired) electrons. The van der Waals surface area contributed by atoms with Gasteiger partial charge in [0.05, 0.1) is 26.1 Å². The SMILES string of the molecule is CCN1C(=O)[C@H]2[C@@H](c3ccc(-c4ccc(F)cc4)c(OC)c3)N3CCC[C@@]3(C(=O)OC)[C@H]2C1=O.O=C(O)C(F)(F)F. The number of amides is 2. The third-order valence-corrected chi connectivity index (χ3v) is 7.92. The number of hydrogen-bond donors (Lipinski definition) is 1. The lowest BCUT2D eigenvalue weighted by atomic mass is 9.77. The summed E-state index contributed by atoms with van der Waals surface area (Å²) in [7, 11) is 2.89. The minimum absolute atomic E-state index is 0.248. The third kappa shape index (κ3) is 4.92. The fourth-order valence-electron chi connectivity index (χ4n) is 6.33. The summed E-state index contributed by atoms with van der Waals surface area (Å²) in [6.07, 6.45) is -3.88.